The van der Waals surface area contributed by atoms with Crippen LogP contribution in [0.5, 0.6) is 0 Å². The predicted molar refractivity (Wildman–Crippen MR) is 64.4 cm³/mol. The summed E-state index contributed by atoms with van der Waals surface area (Å²) in [7, 11) is 0. The molecular formula is C13H24N2. The fourth-order valence-electron chi connectivity index (χ4n) is 2.98. The van der Waals surface area contributed by atoms with Crippen molar-refractivity contribution >= 4 is 0 Å². The normalized spacial score (nSPS) is 26.3. The van der Waals surface area contributed by atoms with Gasteiger partial charge in [0.15, 0.2) is 0 Å². The SMILES string of the molecule is CC(C)C1=C(C(C)C)N2CCCC2CN1. The van der Waals surface area contributed by atoms with Crippen LogP contribution in [0.1, 0.15) is 40.5 Å². The Hall–Kier alpha value is -0.660. The Morgan fingerprint density at radius 2 is 1.93 bits per heavy atom. The molecular weight excluding hydrogens is 184 g/mol. The van der Waals surface area contributed by atoms with Gasteiger partial charge in [-0.25, -0.2) is 0 Å². The van der Waals surface area contributed by atoms with Crippen molar-refractivity contribution in [2.24, 2.45) is 11.8 Å². The summed E-state index contributed by atoms with van der Waals surface area (Å²) in [6, 6.07) is 0.768. The van der Waals surface area contributed by atoms with Crippen LogP contribution in [0.15, 0.2) is 11.4 Å². The van der Waals surface area contributed by atoms with Crippen molar-refractivity contribution in [1.82, 2.24) is 10.2 Å². The Kier molecular flexibility index (Phi) is 2.94. The number of allylic oxidation sites excluding steroid dienone is 2. The van der Waals surface area contributed by atoms with Gasteiger partial charge in [0.1, 0.15) is 0 Å². The number of fused-ring (bicyclic) bond motifs is 1. The Bertz CT molecular complexity index is 266. The smallest absolute Gasteiger partial charge is 0.0460 e. The molecule has 2 nitrogen and oxygen atoms in total. The summed E-state index contributed by atoms with van der Waals surface area (Å²) in [6.07, 6.45) is 2.74. The van der Waals surface area contributed by atoms with E-state index in [1.54, 1.807) is 5.70 Å². The van der Waals surface area contributed by atoms with E-state index in [2.05, 4.69) is 37.9 Å². The minimum absolute atomic E-state index is 0.629. The minimum atomic E-state index is 0.629. The van der Waals surface area contributed by atoms with Crippen LogP contribution in [0.3, 0.4) is 0 Å². The van der Waals surface area contributed by atoms with Crippen molar-refractivity contribution in [2.45, 2.75) is 46.6 Å². The molecule has 0 bridgehead atoms. The Morgan fingerprint density at radius 1 is 1.20 bits per heavy atom. The summed E-state index contributed by atoms with van der Waals surface area (Å²) in [5.41, 5.74) is 3.07. The number of hydrogen-bond donors (Lipinski definition) is 1. The van der Waals surface area contributed by atoms with Crippen LogP contribution < -0.4 is 5.32 Å². The first-order valence-corrected chi connectivity index (χ1v) is 6.35. The molecule has 2 aliphatic heterocycles. The van der Waals surface area contributed by atoms with Gasteiger partial charge in [0.05, 0.1) is 0 Å². The first-order valence-electron chi connectivity index (χ1n) is 6.35. The average Bonchev–Trinajstić information content (AvgIpc) is 2.62. The van der Waals surface area contributed by atoms with E-state index in [-0.39, 0.29) is 0 Å². The highest BCUT2D eigenvalue weighted by atomic mass is 15.2. The van der Waals surface area contributed by atoms with Crippen molar-refractivity contribution in [3.05, 3.63) is 11.4 Å². The molecule has 2 rings (SSSR count). The van der Waals surface area contributed by atoms with Gasteiger partial charge in [-0.05, 0) is 24.7 Å². The lowest BCUT2D eigenvalue weighted by molar-refractivity contribution is 0.251. The van der Waals surface area contributed by atoms with Crippen LogP contribution in [0.25, 0.3) is 0 Å². The molecule has 2 heteroatoms. The summed E-state index contributed by atoms with van der Waals surface area (Å²) in [4.78, 5) is 2.66. The first kappa shape index (κ1) is 10.8. The average molecular weight is 208 g/mol. The second kappa shape index (κ2) is 4.07. The molecule has 2 aliphatic rings. The standard InChI is InChI=1S/C13H24N2/c1-9(2)12-13(10(3)4)15-7-5-6-11(15)8-14-12/h9-11,14H,5-8H2,1-4H3. The predicted octanol–water partition coefficient (Wildman–Crippen LogP) is 2.58. The lowest BCUT2D eigenvalue weighted by Crippen LogP contribution is -2.46. The monoisotopic (exact) mass is 208 g/mol. The van der Waals surface area contributed by atoms with Crippen LogP contribution >= 0.6 is 0 Å². The van der Waals surface area contributed by atoms with E-state index < -0.39 is 0 Å². The molecule has 0 aliphatic carbocycles. The Morgan fingerprint density at radius 3 is 2.53 bits per heavy atom. The number of nitrogens with one attached hydrogen (secondary N) is 1. The third-order valence-electron chi connectivity index (χ3n) is 3.61. The molecule has 0 saturated carbocycles. The molecule has 15 heavy (non-hydrogen) atoms. The molecule has 1 fully saturated rings. The fourth-order valence-corrected chi connectivity index (χ4v) is 2.98. The highest BCUT2D eigenvalue weighted by Crippen LogP contribution is 2.33. The van der Waals surface area contributed by atoms with Gasteiger partial charge in [-0.2, -0.15) is 0 Å². The maximum atomic E-state index is 3.66. The summed E-state index contributed by atoms with van der Waals surface area (Å²) in [6.45, 7) is 11.7. The lowest BCUT2D eigenvalue weighted by atomic mass is 9.96. The van der Waals surface area contributed by atoms with Crippen LogP contribution in [0, 0.1) is 11.8 Å². The van der Waals surface area contributed by atoms with Gasteiger partial charge in [-0.3, -0.25) is 0 Å². The molecule has 1 saturated heterocycles. The zero-order chi connectivity index (χ0) is 11.0. The highest BCUT2D eigenvalue weighted by molar-refractivity contribution is 5.21. The van der Waals surface area contributed by atoms with E-state index in [0.29, 0.717) is 11.8 Å². The van der Waals surface area contributed by atoms with Gasteiger partial charge in [0.25, 0.3) is 0 Å². The number of hydrogen-bond acceptors (Lipinski definition) is 2. The minimum Gasteiger partial charge on any atom is -0.385 e. The van der Waals surface area contributed by atoms with Crippen molar-refractivity contribution in [3.63, 3.8) is 0 Å². The molecule has 2 heterocycles. The van der Waals surface area contributed by atoms with Crippen LogP contribution in [-0.2, 0) is 0 Å². The number of nitrogens with zero attached hydrogens (tertiary/aromatic N) is 1. The maximum Gasteiger partial charge on any atom is 0.0460 e. The highest BCUT2D eigenvalue weighted by Gasteiger charge is 2.33. The van der Waals surface area contributed by atoms with Crippen LogP contribution in [-0.4, -0.2) is 24.0 Å². The number of rotatable bonds is 2. The van der Waals surface area contributed by atoms with E-state index in [1.165, 1.54) is 25.1 Å². The molecule has 0 aromatic rings. The molecule has 0 amide bonds. The summed E-state index contributed by atoms with van der Waals surface area (Å²) >= 11 is 0. The van der Waals surface area contributed by atoms with E-state index in [0.717, 1.165) is 12.6 Å². The van der Waals surface area contributed by atoms with Gasteiger partial charge in [-0.15, -0.1) is 0 Å². The van der Waals surface area contributed by atoms with E-state index in [9.17, 15) is 0 Å². The first-order chi connectivity index (χ1) is 7.11. The van der Waals surface area contributed by atoms with Crippen LogP contribution in [0.4, 0.5) is 0 Å². The Balaban J connectivity index is 2.33. The van der Waals surface area contributed by atoms with Gasteiger partial charge in [-0.1, -0.05) is 27.7 Å². The topological polar surface area (TPSA) is 15.3 Å². The third-order valence-corrected chi connectivity index (χ3v) is 3.61. The molecule has 0 aromatic heterocycles. The van der Waals surface area contributed by atoms with Crippen molar-refractivity contribution < 1.29 is 0 Å². The van der Waals surface area contributed by atoms with E-state index in [4.69, 9.17) is 0 Å². The maximum absolute atomic E-state index is 3.66. The van der Waals surface area contributed by atoms with Crippen LogP contribution in [0.2, 0.25) is 0 Å². The molecule has 1 atom stereocenters. The van der Waals surface area contributed by atoms with Crippen molar-refractivity contribution in [2.75, 3.05) is 13.1 Å². The second-order valence-corrected chi connectivity index (χ2v) is 5.48. The van der Waals surface area contributed by atoms with Crippen molar-refractivity contribution in [3.8, 4) is 0 Å². The van der Waals surface area contributed by atoms with Gasteiger partial charge in [0.2, 0.25) is 0 Å². The van der Waals surface area contributed by atoms with Gasteiger partial charge in [0, 0.05) is 30.5 Å². The largest absolute Gasteiger partial charge is 0.385 e. The molecule has 0 spiro atoms. The van der Waals surface area contributed by atoms with Crippen molar-refractivity contribution in [1.29, 1.82) is 0 Å². The summed E-state index contributed by atoms with van der Waals surface area (Å²) in [5, 5.41) is 3.66. The molecule has 1 N–H and O–H groups in total. The van der Waals surface area contributed by atoms with Gasteiger partial charge >= 0.3 is 0 Å². The lowest BCUT2D eigenvalue weighted by Gasteiger charge is -2.40. The summed E-state index contributed by atoms with van der Waals surface area (Å²) in [5.74, 6) is 1.28. The second-order valence-electron chi connectivity index (χ2n) is 5.48. The quantitative estimate of drug-likeness (QED) is 0.750. The van der Waals surface area contributed by atoms with Gasteiger partial charge < -0.3 is 10.2 Å². The van der Waals surface area contributed by atoms with E-state index >= 15 is 0 Å². The third kappa shape index (κ3) is 1.86. The summed E-state index contributed by atoms with van der Waals surface area (Å²) < 4.78 is 0. The zero-order valence-electron chi connectivity index (χ0n) is 10.5. The molecule has 1 unspecified atom stereocenters. The molecule has 0 aromatic carbocycles. The zero-order valence-corrected chi connectivity index (χ0v) is 10.5. The fraction of sp³-hybridized carbons (Fsp3) is 0.846. The molecule has 86 valence electrons. The Labute approximate surface area is 93.7 Å². The van der Waals surface area contributed by atoms with E-state index in [1.807, 2.05) is 0 Å². The molecule has 0 radical (unpaired) electrons.